The van der Waals surface area contributed by atoms with Crippen molar-refractivity contribution in [2.45, 2.75) is 32.1 Å². The van der Waals surface area contributed by atoms with Gasteiger partial charge in [0, 0.05) is 12.1 Å². The molecule has 2 heterocycles. The standard InChI is InChI=1S/C21H26N6O3/c28-10-9-22-19(29)15-7-4-8-16(11-15)25-21-26-18-17(23-13-24-18)20(27-21)30-12-14-5-2-1-3-6-14/h4,7-8,11,13-14,28H,1-3,5-6,9-10,12H2,(H,22,29)(H2,23,24,25,26,27)/p+1. The maximum absolute atomic E-state index is 12.1. The number of rotatable bonds is 8. The summed E-state index contributed by atoms with van der Waals surface area (Å²) in [6.07, 6.45) is 7.84. The lowest BCUT2D eigenvalue weighted by atomic mass is 9.90. The van der Waals surface area contributed by atoms with Gasteiger partial charge in [-0.15, -0.1) is 0 Å². The highest BCUT2D eigenvalue weighted by Gasteiger charge is 2.20. The largest absolute Gasteiger partial charge is 0.466 e. The van der Waals surface area contributed by atoms with E-state index in [0.29, 0.717) is 41.3 Å². The van der Waals surface area contributed by atoms with Gasteiger partial charge in [-0.3, -0.25) is 4.79 Å². The highest BCUT2D eigenvalue weighted by atomic mass is 16.5. The van der Waals surface area contributed by atoms with E-state index in [1.165, 1.54) is 32.1 Å². The van der Waals surface area contributed by atoms with Crippen LogP contribution in [-0.4, -0.2) is 45.7 Å². The Balaban J connectivity index is 1.51. The maximum atomic E-state index is 12.1. The summed E-state index contributed by atoms with van der Waals surface area (Å²) < 4.78 is 6.11. The van der Waals surface area contributed by atoms with E-state index in [1.807, 2.05) is 6.07 Å². The molecule has 9 heteroatoms. The number of fused-ring (bicyclic) bond motifs is 1. The molecule has 0 aliphatic heterocycles. The van der Waals surface area contributed by atoms with Crippen molar-refractivity contribution in [1.29, 1.82) is 0 Å². The van der Waals surface area contributed by atoms with E-state index in [0.717, 1.165) is 5.52 Å². The van der Waals surface area contributed by atoms with Crippen LogP contribution in [0, 0.1) is 5.92 Å². The molecule has 1 saturated carbocycles. The first-order valence-electron chi connectivity index (χ1n) is 10.4. The number of benzene rings is 1. The first-order chi connectivity index (χ1) is 14.7. The molecule has 0 bridgehead atoms. The molecule has 2 aromatic heterocycles. The van der Waals surface area contributed by atoms with Crippen molar-refractivity contribution in [1.82, 2.24) is 20.3 Å². The van der Waals surface area contributed by atoms with Crippen molar-refractivity contribution in [2.75, 3.05) is 25.1 Å². The predicted octanol–water partition coefficient (Wildman–Crippen LogP) is 2.20. The summed E-state index contributed by atoms with van der Waals surface area (Å²) in [4.78, 5) is 27.2. The van der Waals surface area contributed by atoms with Gasteiger partial charge in [0.25, 0.3) is 17.4 Å². The summed E-state index contributed by atoms with van der Waals surface area (Å²) >= 11 is 0. The monoisotopic (exact) mass is 411 g/mol. The average molecular weight is 411 g/mol. The normalized spacial score (nSPS) is 14.6. The molecule has 1 amide bonds. The minimum Gasteiger partial charge on any atom is -0.466 e. The van der Waals surface area contributed by atoms with Crippen LogP contribution in [-0.2, 0) is 0 Å². The average Bonchev–Trinajstić information content (AvgIpc) is 3.25. The number of aromatic nitrogens is 4. The van der Waals surface area contributed by atoms with E-state index in [4.69, 9.17) is 9.84 Å². The third kappa shape index (κ3) is 4.85. The van der Waals surface area contributed by atoms with Crippen LogP contribution in [0.1, 0.15) is 42.5 Å². The summed E-state index contributed by atoms with van der Waals surface area (Å²) in [5.74, 6) is 1.40. The molecular weight excluding hydrogens is 384 g/mol. The molecule has 1 fully saturated rings. The fourth-order valence-corrected chi connectivity index (χ4v) is 3.71. The number of aromatic amines is 2. The van der Waals surface area contributed by atoms with E-state index in [2.05, 4.69) is 30.6 Å². The zero-order valence-corrected chi connectivity index (χ0v) is 16.8. The third-order valence-corrected chi connectivity index (χ3v) is 5.27. The number of ether oxygens (including phenoxy) is 1. The summed E-state index contributed by atoms with van der Waals surface area (Å²) in [5.41, 5.74) is 2.46. The van der Waals surface area contributed by atoms with Gasteiger partial charge in [-0.05, 0) is 41.9 Å². The molecule has 4 rings (SSSR count). The minimum absolute atomic E-state index is 0.101. The Hall–Kier alpha value is -3.20. The van der Waals surface area contributed by atoms with Crippen molar-refractivity contribution in [3.63, 3.8) is 0 Å². The van der Waals surface area contributed by atoms with E-state index >= 15 is 0 Å². The lowest BCUT2D eigenvalue weighted by Crippen LogP contribution is -2.26. The first kappa shape index (κ1) is 20.1. The number of nitrogens with zero attached hydrogens (tertiary/aromatic N) is 2. The van der Waals surface area contributed by atoms with E-state index in [9.17, 15) is 4.79 Å². The Labute approximate surface area is 174 Å². The highest BCUT2D eigenvalue weighted by Crippen LogP contribution is 2.25. The molecule has 0 radical (unpaired) electrons. The lowest BCUT2D eigenvalue weighted by Gasteiger charge is -2.21. The molecule has 9 nitrogen and oxygen atoms in total. The van der Waals surface area contributed by atoms with Gasteiger partial charge < -0.3 is 20.1 Å². The van der Waals surface area contributed by atoms with Gasteiger partial charge in [0.05, 0.1) is 25.2 Å². The second-order valence-corrected chi connectivity index (χ2v) is 7.52. The van der Waals surface area contributed by atoms with Gasteiger partial charge in [0.1, 0.15) is 0 Å². The van der Waals surface area contributed by atoms with Crippen molar-refractivity contribution in [2.24, 2.45) is 5.92 Å². The van der Waals surface area contributed by atoms with Crippen LogP contribution in [0.15, 0.2) is 30.6 Å². The van der Waals surface area contributed by atoms with E-state index in [-0.39, 0.29) is 19.1 Å². The van der Waals surface area contributed by atoms with Crippen molar-refractivity contribution >= 4 is 28.7 Å². The van der Waals surface area contributed by atoms with Crippen LogP contribution < -0.4 is 20.4 Å². The molecule has 1 aliphatic carbocycles. The Morgan fingerprint density at radius 1 is 1.30 bits per heavy atom. The molecule has 0 atom stereocenters. The smallest absolute Gasteiger partial charge is 0.399 e. The minimum atomic E-state index is -0.246. The van der Waals surface area contributed by atoms with Gasteiger partial charge in [-0.1, -0.05) is 25.3 Å². The lowest BCUT2D eigenvalue weighted by molar-refractivity contribution is -0.380. The summed E-state index contributed by atoms with van der Waals surface area (Å²) in [5, 5.41) is 14.7. The number of nitrogens with one attached hydrogen (secondary N) is 4. The Bertz CT molecular complexity index is 999. The molecule has 3 aromatic rings. The number of imidazole rings is 1. The molecule has 0 saturated heterocycles. The number of amides is 1. The molecule has 30 heavy (non-hydrogen) atoms. The second kappa shape index (κ2) is 9.53. The van der Waals surface area contributed by atoms with Crippen LogP contribution in [0.25, 0.3) is 11.2 Å². The van der Waals surface area contributed by atoms with Crippen molar-refractivity contribution < 1.29 is 19.6 Å². The van der Waals surface area contributed by atoms with Crippen LogP contribution in [0.3, 0.4) is 0 Å². The van der Waals surface area contributed by atoms with Crippen molar-refractivity contribution in [3.05, 3.63) is 36.2 Å². The number of aliphatic hydroxyl groups excluding tert-OH is 1. The summed E-state index contributed by atoms with van der Waals surface area (Å²) in [7, 11) is 0. The third-order valence-electron chi connectivity index (χ3n) is 5.27. The molecular formula is C21H27N6O3+. The first-order valence-corrected chi connectivity index (χ1v) is 10.4. The van der Waals surface area contributed by atoms with Crippen LogP contribution in [0.4, 0.5) is 11.6 Å². The quantitative estimate of drug-likeness (QED) is 0.450. The fourth-order valence-electron chi connectivity index (χ4n) is 3.71. The van der Waals surface area contributed by atoms with Crippen molar-refractivity contribution in [3.8, 4) is 5.88 Å². The predicted molar refractivity (Wildman–Crippen MR) is 112 cm³/mol. The van der Waals surface area contributed by atoms with Gasteiger partial charge in [-0.25, -0.2) is 15.3 Å². The summed E-state index contributed by atoms with van der Waals surface area (Å²) in [6.45, 7) is 0.772. The SMILES string of the molecule is O=C(NCCO)c1cccc(Nc2nc3nc[nH]c3c(OCC3CCCCC3)[nH+]2)c1. The maximum Gasteiger partial charge on any atom is 0.399 e. The number of aliphatic hydroxyl groups is 1. The number of hydrogen-bond acceptors (Lipinski definition) is 6. The van der Waals surface area contributed by atoms with Crippen LogP contribution >= 0.6 is 0 Å². The Morgan fingerprint density at radius 3 is 3.00 bits per heavy atom. The number of H-pyrrole nitrogens is 2. The number of hydrogen-bond donors (Lipinski definition) is 4. The number of carbonyl (C=O) groups is 1. The van der Waals surface area contributed by atoms with Gasteiger partial charge >= 0.3 is 5.95 Å². The Kier molecular flexibility index (Phi) is 6.38. The molecule has 1 aliphatic rings. The molecule has 1 aromatic carbocycles. The molecule has 0 unspecified atom stereocenters. The van der Waals surface area contributed by atoms with E-state index < -0.39 is 0 Å². The van der Waals surface area contributed by atoms with Gasteiger partial charge in [-0.2, -0.15) is 0 Å². The Morgan fingerprint density at radius 2 is 2.17 bits per heavy atom. The zero-order chi connectivity index (χ0) is 20.8. The van der Waals surface area contributed by atoms with Gasteiger partial charge in [0.15, 0.2) is 5.52 Å². The summed E-state index contributed by atoms with van der Waals surface area (Å²) in [6, 6.07) is 7.06. The van der Waals surface area contributed by atoms with Gasteiger partial charge in [0.2, 0.25) is 0 Å². The topological polar surface area (TPSA) is 126 Å². The van der Waals surface area contributed by atoms with Crippen LogP contribution in [0.2, 0.25) is 0 Å². The molecule has 0 spiro atoms. The molecule has 5 N–H and O–H groups in total. The van der Waals surface area contributed by atoms with Crippen LogP contribution in [0.5, 0.6) is 5.88 Å². The molecule has 158 valence electrons. The second-order valence-electron chi connectivity index (χ2n) is 7.52. The highest BCUT2D eigenvalue weighted by molar-refractivity contribution is 5.95. The fraction of sp³-hybridized carbons (Fsp3) is 0.429. The number of carbonyl (C=O) groups excluding carboxylic acids is 1. The van der Waals surface area contributed by atoms with E-state index in [1.54, 1.807) is 24.5 Å². The number of anilines is 2. The zero-order valence-electron chi connectivity index (χ0n) is 16.8.